The molecule has 1 heterocycles. The first-order valence-corrected chi connectivity index (χ1v) is 9.32. The summed E-state index contributed by atoms with van der Waals surface area (Å²) >= 11 is 0. The standard InChI is InChI=1S/C20H33NO2/c1-4-5-6-7-8-9-12-21-16(3)20(22)17-10-11-19-18(14-17)13-15(2)23-19/h10-11,14-16,20-22H,4-9,12-13H2,1-3H3. The fraction of sp³-hybridized carbons (Fsp3) is 0.700. The SMILES string of the molecule is CCCCCCCCNC(C)C(O)c1ccc2c(c1)CC(C)O2. The minimum Gasteiger partial charge on any atom is -0.490 e. The zero-order valence-electron chi connectivity index (χ0n) is 15.0. The van der Waals surface area contributed by atoms with Crippen molar-refractivity contribution < 1.29 is 9.84 Å². The minimum absolute atomic E-state index is 0.0726. The summed E-state index contributed by atoms with van der Waals surface area (Å²) in [6.07, 6.45) is 8.53. The number of rotatable bonds is 10. The molecule has 130 valence electrons. The Morgan fingerprint density at radius 2 is 1.96 bits per heavy atom. The number of hydrogen-bond donors (Lipinski definition) is 2. The van der Waals surface area contributed by atoms with Gasteiger partial charge in [0.2, 0.25) is 0 Å². The van der Waals surface area contributed by atoms with Crippen LogP contribution < -0.4 is 10.1 Å². The van der Waals surface area contributed by atoms with Gasteiger partial charge in [0, 0.05) is 12.5 Å². The van der Waals surface area contributed by atoms with Gasteiger partial charge in [-0.05, 0) is 50.1 Å². The number of ether oxygens (including phenoxy) is 1. The number of hydrogen-bond acceptors (Lipinski definition) is 3. The van der Waals surface area contributed by atoms with Gasteiger partial charge in [0.05, 0.1) is 6.10 Å². The van der Waals surface area contributed by atoms with E-state index in [2.05, 4.69) is 32.2 Å². The van der Waals surface area contributed by atoms with Crippen LogP contribution in [-0.4, -0.2) is 23.8 Å². The van der Waals surface area contributed by atoms with Crippen LogP contribution >= 0.6 is 0 Å². The van der Waals surface area contributed by atoms with Gasteiger partial charge in [-0.15, -0.1) is 0 Å². The molecule has 3 heteroatoms. The summed E-state index contributed by atoms with van der Waals surface area (Å²) in [7, 11) is 0. The van der Waals surface area contributed by atoms with E-state index in [1.807, 2.05) is 12.1 Å². The predicted octanol–water partition coefficient (Wildman–Crippen LogP) is 4.38. The van der Waals surface area contributed by atoms with Crippen LogP contribution in [0.5, 0.6) is 5.75 Å². The fourth-order valence-electron chi connectivity index (χ4n) is 3.26. The largest absolute Gasteiger partial charge is 0.490 e. The van der Waals surface area contributed by atoms with E-state index in [0.29, 0.717) is 0 Å². The smallest absolute Gasteiger partial charge is 0.123 e. The molecule has 2 rings (SSSR count). The number of aliphatic hydroxyl groups excluding tert-OH is 1. The number of fused-ring (bicyclic) bond motifs is 1. The quantitative estimate of drug-likeness (QED) is 0.629. The highest BCUT2D eigenvalue weighted by atomic mass is 16.5. The number of aliphatic hydroxyl groups is 1. The molecule has 0 aromatic heterocycles. The highest BCUT2D eigenvalue weighted by molar-refractivity contribution is 5.41. The molecule has 0 bridgehead atoms. The van der Waals surface area contributed by atoms with Gasteiger partial charge >= 0.3 is 0 Å². The third-order valence-corrected chi connectivity index (χ3v) is 4.73. The molecule has 1 aliphatic heterocycles. The maximum Gasteiger partial charge on any atom is 0.123 e. The summed E-state index contributed by atoms with van der Waals surface area (Å²) in [5.41, 5.74) is 2.21. The first-order valence-electron chi connectivity index (χ1n) is 9.32. The van der Waals surface area contributed by atoms with Crippen LogP contribution in [0.15, 0.2) is 18.2 Å². The average molecular weight is 319 g/mol. The summed E-state index contributed by atoms with van der Waals surface area (Å²) in [6.45, 7) is 7.38. The Kier molecular flexibility index (Phi) is 7.38. The maximum absolute atomic E-state index is 10.6. The van der Waals surface area contributed by atoms with Crippen molar-refractivity contribution in [1.29, 1.82) is 0 Å². The Balaban J connectivity index is 1.72. The molecule has 0 saturated carbocycles. The van der Waals surface area contributed by atoms with Crippen molar-refractivity contribution in [2.75, 3.05) is 6.54 Å². The molecule has 1 aliphatic rings. The Labute approximate surface area is 141 Å². The van der Waals surface area contributed by atoms with E-state index in [0.717, 1.165) is 24.3 Å². The number of nitrogens with one attached hydrogen (secondary N) is 1. The molecule has 0 fully saturated rings. The Morgan fingerprint density at radius 1 is 1.22 bits per heavy atom. The van der Waals surface area contributed by atoms with E-state index < -0.39 is 6.10 Å². The van der Waals surface area contributed by atoms with Crippen LogP contribution in [0.2, 0.25) is 0 Å². The molecule has 0 radical (unpaired) electrons. The molecule has 23 heavy (non-hydrogen) atoms. The van der Waals surface area contributed by atoms with Gasteiger partial charge < -0.3 is 15.2 Å². The molecule has 0 saturated heterocycles. The average Bonchev–Trinajstić information content (AvgIpc) is 2.92. The van der Waals surface area contributed by atoms with Crippen molar-refractivity contribution in [1.82, 2.24) is 5.32 Å². The predicted molar refractivity (Wildman–Crippen MR) is 96.0 cm³/mol. The third kappa shape index (κ3) is 5.50. The first kappa shape index (κ1) is 18.3. The van der Waals surface area contributed by atoms with Gasteiger partial charge in [-0.1, -0.05) is 45.1 Å². The second kappa shape index (κ2) is 9.29. The van der Waals surface area contributed by atoms with E-state index in [9.17, 15) is 5.11 Å². The Morgan fingerprint density at radius 3 is 2.74 bits per heavy atom. The lowest BCUT2D eigenvalue weighted by Gasteiger charge is -2.21. The lowest BCUT2D eigenvalue weighted by molar-refractivity contribution is 0.136. The van der Waals surface area contributed by atoms with Crippen molar-refractivity contribution in [2.24, 2.45) is 0 Å². The molecular weight excluding hydrogens is 286 g/mol. The summed E-state index contributed by atoms with van der Waals surface area (Å²) in [4.78, 5) is 0. The second-order valence-electron chi connectivity index (χ2n) is 6.96. The lowest BCUT2D eigenvalue weighted by Crippen LogP contribution is -2.32. The highest BCUT2D eigenvalue weighted by Crippen LogP contribution is 2.31. The van der Waals surface area contributed by atoms with E-state index in [4.69, 9.17) is 4.74 Å². The second-order valence-corrected chi connectivity index (χ2v) is 6.96. The van der Waals surface area contributed by atoms with Crippen molar-refractivity contribution >= 4 is 0 Å². The van der Waals surface area contributed by atoms with Crippen LogP contribution in [0, 0.1) is 0 Å². The van der Waals surface area contributed by atoms with Crippen molar-refractivity contribution in [2.45, 2.75) is 84.0 Å². The van der Waals surface area contributed by atoms with Crippen LogP contribution in [0.3, 0.4) is 0 Å². The van der Waals surface area contributed by atoms with E-state index in [-0.39, 0.29) is 12.1 Å². The summed E-state index contributed by atoms with van der Waals surface area (Å²) in [5, 5.41) is 14.0. The minimum atomic E-state index is -0.462. The zero-order chi connectivity index (χ0) is 16.7. The molecular formula is C20H33NO2. The maximum atomic E-state index is 10.6. The van der Waals surface area contributed by atoms with E-state index >= 15 is 0 Å². The molecule has 0 amide bonds. The number of unbranched alkanes of at least 4 members (excludes halogenated alkanes) is 5. The fourth-order valence-corrected chi connectivity index (χ4v) is 3.26. The first-order chi connectivity index (χ1) is 11.1. The van der Waals surface area contributed by atoms with Gasteiger partial charge in [0.15, 0.2) is 0 Å². The summed E-state index contributed by atoms with van der Waals surface area (Å²) in [6, 6.07) is 6.16. The molecule has 2 N–H and O–H groups in total. The molecule has 3 unspecified atom stereocenters. The van der Waals surface area contributed by atoms with Gasteiger partial charge in [-0.25, -0.2) is 0 Å². The van der Waals surface area contributed by atoms with Crippen molar-refractivity contribution in [3.63, 3.8) is 0 Å². The van der Waals surface area contributed by atoms with E-state index in [1.165, 1.54) is 44.1 Å². The van der Waals surface area contributed by atoms with E-state index in [1.54, 1.807) is 0 Å². The third-order valence-electron chi connectivity index (χ3n) is 4.73. The zero-order valence-corrected chi connectivity index (χ0v) is 15.0. The summed E-state index contributed by atoms with van der Waals surface area (Å²) < 4.78 is 5.72. The topological polar surface area (TPSA) is 41.5 Å². The molecule has 0 spiro atoms. The van der Waals surface area contributed by atoms with Gasteiger partial charge in [0.25, 0.3) is 0 Å². The van der Waals surface area contributed by atoms with Crippen molar-refractivity contribution in [3.8, 4) is 5.75 Å². The highest BCUT2D eigenvalue weighted by Gasteiger charge is 2.22. The Bertz CT molecular complexity index is 475. The monoisotopic (exact) mass is 319 g/mol. The lowest BCUT2D eigenvalue weighted by atomic mass is 9.99. The van der Waals surface area contributed by atoms with Gasteiger partial charge in [0.1, 0.15) is 11.9 Å². The number of benzene rings is 1. The molecule has 1 aromatic carbocycles. The molecule has 1 aromatic rings. The van der Waals surface area contributed by atoms with Gasteiger partial charge in [-0.3, -0.25) is 0 Å². The van der Waals surface area contributed by atoms with Crippen LogP contribution in [0.25, 0.3) is 0 Å². The van der Waals surface area contributed by atoms with Crippen LogP contribution in [0.4, 0.5) is 0 Å². The van der Waals surface area contributed by atoms with Crippen LogP contribution in [0.1, 0.15) is 76.5 Å². The van der Waals surface area contributed by atoms with Gasteiger partial charge in [-0.2, -0.15) is 0 Å². The normalized spacial score (nSPS) is 19.2. The molecule has 3 nitrogen and oxygen atoms in total. The van der Waals surface area contributed by atoms with Crippen molar-refractivity contribution in [3.05, 3.63) is 29.3 Å². The van der Waals surface area contributed by atoms with Crippen LogP contribution in [-0.2, 0) is 6.42 Å². The molecule has 3 atom stereocenters. The summed E-state index contributed by atoms with van der Waals surface area (Å²) in [5.74, 6) is 0.973. The Hall–Kier alpha value is -1.06. The molecule has 0 aliphatic carbocycles.